The van der Waals surface area contributed by atoms with E-state index in [-0.39, 0.29) is 11.8 Å². The van der Waals surface area contributed by atoms with Crippen LogP contribution in [0, 0.1) is 11.8 Å². The van der Waals surface area contributed by atoms with E-state index < -0.39 is 5.60 Å². The van der Waals surface area contributed by atoms with Crippen LogP contribution in [0.5, 0.6) is 5.75 Å². The van der Waals surface area contributed by atoms with Crippen molar-refractivity contribution in [1.82, 2.24) is 14.5 Å². The average Bonchev–Trinajstić information content (AvgIpc) is 3.03. The van der Waals surface area contributed by atoms with Crippen molar-refractivity contribution in [2.75, 3.05) is 20.2 Å². The Labute approximate surface area is 149 Å². The molecule has 1 aromatic heterocycles. The number of nitrogens with zero attached hydrogens (tertiary/aromatic N) is 3. The Morgan fingerprint density at radius 1 is 1.20 bits per heavy atom. The van der Waals surface area contributed by atoms with Crippen LogP contribution in [-0.2, 0) is 19.2 Å². The predicted molar refractivity (Wildman–Crippen MR) is 96.2 cm³/mol. The van der Waals surface area contributed by atoms with Crippen molar-refractivity contribution in [3.63, 3.8) is 0 Å². The topological polar surface area (TPSA) is 50.5 Å². The van der Waals surface area contributed by atoms with E-state index in [0.717, 1.165) is 44.0 Å². The van der Waals surface area contributed by atoms with Gasteiger partial charge in [-0.25, -0.2) is 4.98 Å². The third-order valence-electron chi connectivity index (χ3n) is 6.05. The zero-order valence-corrected chi connectivity index (χ0v) is 15.1. The number of hydrogen-bond donors (Lipinski definition) is 1. The summed E-state index contributed by atoms with van der Waals surface area (Å²) in [5, 5.41) is 11.6. The monoisotopic (exact) mass is 341 g/mol. The molecule has 2 fully saturated rings. The van der Waals surface area contributed by atoms with Gasteiger partial charge in [-0.05, 0) is 30.5 Å². The second-order valence-electron chi connectivity index (χ2n) is 7.55. The van der Waals surface area contributed by atoms with Crippen LogP contribution in [0.3, 0.4) is 0 Å². The van der Waals surface area contributed by atoms with Crippen LogP contribution in [0.2, 0.25) is 0 Å². The van der Waals surface area contributed by atoms with Gasteiger partial charge in [0.2, 0.25) is 0 Å². The maximum absolute atomic E-state index is 11.6. The minimum absolute atomic E-state index is 0.249. The average molecular weight is 341 g/mol. The summed E-state index contributed by atoms with van der Waals surface area (Å²) in [4.78, 5) is 7.00. The molecule has 2 aromatic rings. The van der Waals surface area contributed by atoms with Crippen LogP contribution in [0.4, 0.5) is 0 Å². The van der Waals surface area contributed by atoms with Crippen LogP contribution in [0.25, 0.3) is 0 Å². The molecule has 25 heavy (non-hydrogen) atoms. The number of methoxy groups -OCH3 is 1. The fraction of sp³-hybridized carbons (Fsp3) is 0.550. The summed E-state index contributed by atoms with van der Waals surface area (Å²) in [5.41, 5.74) is 0.508. The molecular weight excluding hydrogens is 314 g/mol. The summed E-state index contributed by atoms with van der Waals surface area (Å²) in [6.45, 7) is 2.77. The second kappa shape index (κ2) is 6.46. The lowest BCUT2D eigenvalue weighted by atomic mass is 9.65. The molecule has 0 radical (unpaired) electrons. The van der Waals surface area contributed by atoms with E-state index in [4.69, 9.17) is 4.74 Å². The van der Waals surface area contributed by atoms with Crippen LogP contribution in [0.15, 0.2) is 36.7 Å². The highest BCUT2D eigenvalue weighted by atomic mass is 16.5. The molecule has 2 heterocycles. The molecule has 1 N–H and O–H groups in total. The molecule has 4 rings (SSSR count). The third-order valence-corrected chi connectivity index (χ3v) is 6.05. The molecule has 1 aromatic carbocycles. The molecule has 0 spiro atoms. The molecule has 0 unspecified atom stereocenters. The number of ether oxygens (including phenoxy) is 1. The maximum Gasteiger partial charge on any atom is 0.141 e. The van der Waals surface area contributed by atoms with Gasteiger partial charge in [0, 0.05) is 50.9 Å². The molecule has 0 amide bonds. The Balaban J connectivity index is 1.54. The minimum atomic E-state index is -0.785. The highest BCUT2D eigenvalue weighted by Crippen LogP contribution is 2.48. The fourth-order valence-electron chi connectivity index (χ4n) is 4.78. The summed E-state index contributed by atoms with van der Waals surface area (Å²) >= 11 is 0. The lowest BCUT2D eigenvalue weighted by molar-refractivity contribution is -0.155. The molecule has 2 atom stereocenters. The largest absolute Gasteiger partial charge is 0.497 e. The second-order valence-corrected chi connectivity index (χ2v) is 7.55. The van der Waals surface area contributed by atoms with E-state index in [0.29, 0.717) is 0 Å². The Morgan fingerprint density at radius 2 is 1.88 bits per heavy atom. The first-order chi connectivity index (χ1) is 12.1. The fourth-order valence-corrected chi connectivity index (χ4v) is 4.78. The third kappa shape index (κ3) is 2.85. The lowest BCUT2D eigenvalue weighted by Gasteiger charge is -2.52. The van der Waals surface area contributed by atoms with Gasteiger partial charge in [0.1, 0.15) is 17.2 Å². The Morgan fingerprint density at radius 3 is 2.44 bits per heavy atom. The molecule has 2 aliphatic rings. The number of aliphatic hydroxyl groups is 1. The SMILES string of the molecule is COc1ccc(CN2C[C@H]3CCC[C@H](C2)C3(O)c2nccn2C)cc1. The van der Waals surface area contributed by atoms with E-state index in [1.165, 1.54) is 12.0 Å². The van der Waals surface area contributed by atoms with Gasteiger partial charge in [-0.2, -0.15) is 0 Å². The zero-order chi connectivity index (χ0) is 17.4. The number of benzene rings is 1. The summed E-state index contributed by atoms with van der Waals surface area (Å²) in [6, 6.07) is 8.30. The van der Waals surface area contributed by atoms with E-state index in [2.05, 4.69) is 22.0 Å². The number of hydrogen-bond acceptors (Lipinski definition) is 4. The zero-order valence-electron chi connectivity index (χ0n) is 15.1. The van der Waals surface area contributed by atoms with Gasteiger partial charge < -0.3 is 14.4 Å². The number of imidazole rings is 1. The summed E-state index contributed by atoms with van der Waals surface area (Å²) in [6.07, 6.45) is 7.08. The summed E-state index contributed by atoms with van der Waals surface area (Å²) in [5.74, 6) is 2.23. The highest BCUT2D eigenvalue weighted by Gasteiger charge is 2.53. The first-order valence-electron chi connectivity index (χ1n) is 9.16. The molecule has 1 aliphatic carbocycles. The predicted octanol–water partition coefficient (Wildman–Crippen LogP) is 2.55. The lowest BCUT2D eigenvalue weighted by Crippen LogP contribution is -2.58. The van der Waals surface area contributed by atoms with Gasteiger partial charge in [-0.3, -0.25) is 4.90 Å². The Hall–Kier alpha value is -1.85. The number of piperidine rings is 1. The molecular formula is C20H27N3O2. The van der Waals surface area contributed by atoms with Gasteiger partial charge in [0.25, 0.3) is 0 Å². The summed E-state index contributed by atoms with van der Waals surface area (Å²) in [7, 11) is 3.68. The van der Waals surface area contributed by atoms with E-state index in [1.807, 2.05) is 29.9 Å². The molecule has 134 valence electrons. The number of rotatable bonds is 4. The standard InChI is InChI=1S/C20H27N3O2/c1-22-11-10-21-19(22)20(24)16-4-3-5-17(20)14-23(13-16)12-15-6-8-18(25-2)9-7-15/h6-11,16-17,24H,3-5,12-14H2,1-2H3/t16-,17-/m1/s1. The van der Waals surface area contributed by atoms with Crippen molar-refractivity contribution in [2.24, 2.45) is 18.9 Å². The van der Waals surface area contributed by atoms with Crippen molar-refractivity contribution in [2.45, 2.75) is 31.4 Å². The van der Waals surface area contributed by atoms with Crippen molar-refractivity contribution in [3.8, 4) is 5.75 Å². The van der Waals surface area contributed by atoms with Crippen LogP contribution in [0.1, 0.15) is 30.7 Å². The van der Waals surface area contributed by atoms with Crippen LogP contribution >= 0.6 is 0 Å². The normalized spacial score (nSPS) is 29.6. The molecule has 1 saturated carbocycles. The van der Waals surface area contributed by atoms with E-state index in [1.54, 1.807) is 13.3 Å². The number of likely N-dealkylation sites (tertiary alicyclic amines) is 1. The molecule has 1 aliphatic heterocycles. The summed E-state index contributed by atoms with van der Waals surface area (Å²) < 4.78 is 7.23. The van der Waals surface area contributed by atoms with Gasteiger partial charge in [0.15, 0.2) is 0 Å². The van der Waals surface area contributed by atoms with Gasteiger partial charge >= 0.3 is 0 Å². The molecule has 5 nitrogen and oxygen atoms in total. The first-order valence-corrected chi connectivity index (χ1v) is 9.16. The van der Waals surface area contributed by atoms with Crippen molar-refractivity contribution in [1.29, 1.82) is 0 Å². The van der Waals surface area contributed by atoms with Gasteiger partial charge in [-0.1, -0.05) is 18.6 Å². The van der Waals surface area contributed by atoms with Gasteiger partial charge in [-0.15, -0.1) is 0 Å². The Kier molecular flexibility index (Phi) is 4.29. The highest BCUT2D eigenvalue weighted by molar-refractivity contribution is 5.27. The molecule has 2 bridgehead atoms. The molecule has 5 heteroatoms. The minimum Gasteiger partial charge on any atom is -0.497 e. The number of fused-ring (bicyclic) bond motifs is 2. The van der Waals surface area contributed by atoms with Crippen LogP contribution < -0.4 is 4.74 Å². The quantitative estimate of drug-likeness (QED) is 0.928. The van der Waals surface area contributed by atoms with Gasteiger partial charge in [0.05, 0.1) is 7.11 Å². The van der Waals surface area contributed by atoms with E-state index >= 15 is 0 Å². The molecule has 1 saturated heterocycles. The smallest absolute Gasteiger partial charge is 0.141 e. The van der Waals surface area contributed by atoms with Crippen molar-refractivity contribution < 1.29 is 9.84 Å². The first kappa shape index (κ1) is 16.6. The number of aromatic nitrogens is 2. The number of aryl methyl sites for hydroxylation is 1. The van der Waals surface area contributed by atoms with Crippen molar-refractivity contribution in [3.05, 3.63) is 48.0 Å². The van der Waals surface area contributed by atoms with Crippen molar-refractivity contribution >= 4 is 0 Å². The van der Waals surface area contributed by atoms with Crippen LogP contribution in [-0.4, -0.2) is 39.8 Å². The Bertz CT molecular complexity index is 711. The van der Waals surface area contributed by atoms with E-state index in [9.17, 15) is 5.11 Å². The maximum atomic E-state index is 11.6.